The van der Waals surface area contributed by atoms with Crippen LogP contribution in [0.2, 0.25) is 0 Å². The fourth-order valence-corrected chi connectivity index (χ4v) is 24.4. The zero-order valence-electron chi connectivity index (χ0n) is 66.7. The molecular formula is C116H76N2OS. The highest BCUT2D eigenvalue weighted by atomic mass is 32.1. The minimum atomic E-state index is -0.679. The molecule has 4 heteroatoms. The lowest BCUT2D eigenvalue weighted by Gasteiger charge is -2.33. The molecule has 1 unspecified atom stereocenters. The van der Waals surface area contributed by atoms with E-state index in [-0.39, 0.29) is 10.8 Å². The highest BCUT2D eigenvalue weighted by molar-refractivity contribution is 7.26. The number of hydrogen-bond acceptors (Lipinski definition) is 4. The first-order valence-corrected chi connectivity index (χ1v) is 42.9. The van der Waals surface area contributed by atoms with Crippen LogP contribution in [0.1, 0.15) is 94.5 Å². The molecule has 0 bridgehead atoms. The molecular weight excluding hydrogens is 1470 g/mol. The Morgan fingerprint density at radius 1 is 0.217 bits per heavy atom. The number of hydrogen-bond donors (Lipinski definition) is 0. The highest BCUT2D eigenvalue weighted by Gasteiger charge is 2.54. The molecule has 18 aromatic carbocycles. The fraction of sp³-hybridized carbons (Fsp3) is 0.0690. The van der Waals surface area contributed by atoms with Crippen LogP contribution in [-0.2, 0) is 21.7 Å². The third-order valence-electron chi connectivity index (χ3n) is 28.3. The first kappa shape index (κ1) is 67.7. The maximum Gasteiger partial charge on any atom is 0.143 e. The number of thiophene rings is 1. The minimum Gasteiger partial charge on any atom is -0.455 e. The summed E-state index contributed by atoms with van der Waals surface area (Å²) in [5.41, 5.74) is 44.8. The average molecular weight is 1550 g/mol. The van der Waals surface area contributed by atoms with E-state index in [2.05, 4.69) is 426 Å². The van der Waals surface area contributed by atoms with Crippen molar-refractivity contribution in [3.63, 3.8) is 0 Å². The first-order chi connectivity index (χ1) is 59.0. The van der Waals surface area contributed by atoms with Gasteiger partial charge in [-0.05, 0) is 235 Å². The lowest BCUT2D eigenvalue weighted by molar-refractivity contribution is 0.660. The molecule has 20 aromatic rings. The Morgan fingerprint density at radius 3 is 1.04 bits per heavy atom. The van der Waals surface area contributed by atoms with Gasteiger partial charge in [0.15, 0.2) is 0 Å². The topological polar surface area (TPSA) is 19.6 Å². The van der Waals surface area contributed by atoms with Gasteiger partial charge in [-0.2, -0.15) is 0 Å². The van der Waals surface area contributed by atoms with Crippen molar-refractivity contribution in [2.75, 3.05) is 9.80 Å². The summed E-state index contributed by atoms with van der Waals surface area (Å²) in [4.78, 5) is 5.11. The Hall–Kier alpha value is -14.4. The molecule has 0 saturated carbocycles. The zero-order valence-corrected chi connectivity index (χ0v) is 67.5. The molecule has 2 heterocycles. The Morgan fingerprint density at radius 2 is 0.542 bits per heavy atom. The third-order valence-corrected chi connectivity index (χ3v) is 29.5. The van der Waals surface area contributed by atoms with Crippen molar-refractivity contribution in [3.05, 3.63) is 455 Å². The second-order valence-electron chi connectivity index (χ2n) is 34.7. The van der Waals surface area contributed by atoms with Gasteiger partial charge in [-0.1, -0.05) is 331 Å². The van der Waals surface area contributed by atoms with E-state index in [9.17, 15) is 0 Å². The van der Waals surface area contributed by atoms with Gasteiger partial charge in [-0.3, -0.25) is 0 Å². The molecule has 0 fully saturated rings. The monoisotopic (exact) mass is 1540 g/mol. The van der Waals surface area contributed by atoms with E-state index < -0.39 is 10.8 Å². The number of benzene rings is 18. The van der Waals surface area contributed by atoms with Crippen LogP contribution in [0, 0.1) is 0 Å². The van der Waals surface area contributed by atoms with Gasteiger partial charge < -0.3 is 14.2 Å². The molecule has 2 spiro atoms. The third kappa shape index (κ3) is 8.92. The molecule has 26 rings (SSSR count). The molecule has 0 N–H and O–H groups in total. The molecule has 0 radical (unpaired) electrons. The van der Waals surface area contributed by atoms with Crippen LogP contribution < -0.4 is 9.80 Å². The predicted octanol–water partition coefficient (Wildman–Crippen LogP) is 31.2. The van der Waals surface area contributed by atoms with Crippen LogP contribution in [0.4, 0.5) is 34.1 Å². The van der Waals surface area contributed by atoms with Crippen LogP contribution in [0.5, 0.6) is 0 Å². The Bertz CT molecular complexity index is 7840. The van der Waals surface area contributed by atoms with Gasteiger partial charge >= 0.3 is 0 Å². The minimum absolute atomic E-state index is 0.218. The van der Waals surface area contributed by atoms with Crippen molar-refractivity contribution in [2.45, 2.75) is 49.4 Å². The lowest BCUT2D eigenvalue weighted by atomic mass is 9.70. The fourth-order valence-electron chi connectivity index (χ4n) is 23.1. The molecule has 562 valence electrons. The van der Waals surface area contributed by atoms with E-state index in [1.165, 1.54) is 165 Å². The summed E-state index contributed by atoms with van der Waals surface area (Å²) in [5.74, 6) is 0. The van der Waals surface area contributed by atoms with Crippen LogP contribution in [0.15, 0.2) is 393 Å². The van der Waals surface area contributed by atoms with Gasteiger partial charge in [0, 0.05) is 81.2 Å². The van der Waals surface area contributed by atoms with E-state index in [1.54, 1.807) is 0 Å². The molecule has 3 nitrogen and oxygen atoms in total. The van der Waals surface area contributed by atoms with E-state index in [0.717, 1.165) is 78.3 Å². The molecule has 0 aliphatic heterocycles. The number of fused-ring (bicyclic) bond motifs is 32. The van der Waals surface area contributed by atoms with E-state index in [0.29, 0.717) is 0 Å². The standard InChI is InChI=1S/C116H76N2OS/c1-113(2)95-41-15-5-28-77(95)84-58-53-71(65-102(84)113)117(73-55-60-87-82-33-9-19-45-99(82)115(105(87)67-73)97-43-17-7-30-79(97)80-31-8-18-44-98(80)115)107-48-22-12-27-75(107)69-52-62-110-94(63-69)93-40-25-37-76(112(93)120-110)70-51-57-86-81-32-10-20-46-100(81)116(104(86)64-70)101-47-21-11-34-83(101)88-61-56-74(68-106(88)116)118(72-54-59-85-78-29-6-16-42-96(78)114(3,4)103(85)66-72)108-49-23-13-35-89(108)91-38-26-39-92-90-36-14-24-50-109(90)119-111(91)92/h5-68H,1-4H3. The summed E-state index contributed by atoms with van der Waals surface area (Å²) < 4.78 is 9.44. The van der Waals surface area contributed by atoms with Crippen molar-refractivity contribution in [2.24, 2.45) is 0 Å². The van der Waals surface area contributed by atoms with Crippen LogP contribution in [0.3, 0.4) is 0 Å². The molecule has 6 aliphatic rings. The summed E-state index contributed by atoms with van der Waals surface area (Å²) in [7, 11) is 0. The van der Waals surface area contributed by atoms with Gasteiger partial charge in [0.25, 0.3) is 0 Å². The summed E-state index contributed by atoms with van der Waals surface area (Å²) in [5, 5.41) is 4.71. The highest BCUT2D eigenvalue weighted by Crippen LogP contribution is 2.67. The molecule has 0 amide bonds. The Labute approximate surface area is 701 Å². The smallest absolute Gasteiger partial charge is 0.143 e. The first-order valence-electron chi connectivity index (χ1n) is 42.1. The molecule has 1 atom stereocenters. The summed E-state index contributed by atoms with van der Waals surface area (Å²) in [6.45, 7) is 9.58. The maximum absolute atomic E-state index is 6.91. The van der Waals surface area contributed by atoms with E-state index in [4.69, 9.17) is 4.42 Å². The van der Waals surface area contributed by atoms with Crippen LogP contribution in [0.25, 0.3) is 142 Å². The SMILES string of the molecule is CC1(C)c2ccccc2-c2ccc(N(c3ccc4c(c3)C3(c5ccccc5-c5ccccc53)c3ccccc3-4)c3ccccc3-c3ccc4sc5c(-c6ccc7c(c6)C6(c8ccccc8-7)c7ccccc7-c7ccc(N(c8ccc9c(c8)C(C)(C)c8ccccc8-9)c8ccccc8-c8cccc9c8oc8ccccc89)cc76)cccc5c4c3)cc21. The predicted molar refractivity (Wildman–Crippen MR) is 500 cm³/mol. The molecule has 0 saturated heterocycles. The molecule has 2 aromatic heterocycles. The van der Waals surface area contributed by atoms with Gasteiger partial charge in [-0.25, -0.2) is 0 Å². The van der Waals surface area contributed by atoms with Crippen molar-refractivity contribution in [1.82, 2.24) is 0 Å². The van der Waals surface area contributed by atoms with Crippen LogP contribution in [-0.4, -0.2) is 0 Å². The lowest BCUT2D eigenvalue weighted by Crippen LogP contribution is -2.26. The number of rotatable bonds is 9. The van der Waals surface area contributed by atoms with Crippen molar-refractivity contribution in [3.8, 4) is 100 Å². The Kier molecular flexibility index (Phi) is 13.9. The summed E-state index contributed by atoms with van der Waals surface area (Å²) in [6, 6.07) is 148. The van der Waals surface area contributed by atoms with E-state index in [1.807, 2.05) is 11.3 Å². The van der Waals surface area contributed by atoms with Crippen LogP contribution >= 0.6 is 11.3 Å². The Balaban J connectivity index is 0.633. The van der Waals surface area contributed by atoms with Crippen molar-refractivity contribution in [1.29, 1.82) is 0 Å². The molecule has 6 aliphatic carbocycles. The summed E-state index contributed by atoms with van der Waals surface area (Å²) >= 11 is 1.91. The van der Waals surface area contributed by atoms with Gasteiger partial charge in [0.05, 0.1) is 22.2 Å². The van der Waals surface area contributed by atoms with Gasteiger partial charge in [-0.15, -0.1) is 11.3 Å². The second-order valence-corrected chi connectivity index (χ2v) is 35.8. The van der Waals surface area contributed by atoms with Gasteiger partial charge in [0.1, 0.15) is 11.2 Å². The van der Waals surface area contributed by atoms with Crippen molar-refractivity contribution < 1.29 is 4.42 Å². The largest absolute Gasteiger partial charge is 0.455 e. The molecule has 120 heavy (non-hydrogen) atoms. The quantitative estimate of drug-likeness (QED) is 0.144. The summed E-state index contributed by atoms with van der Waals surface area (Å²) in [6.07, 6.45) is 0. The number of anilines is 6. The van der Waals surface area contributed by atoms with Gasteiger partial charge in [0.2, 0.25) is 0 Å². The number of para-hydroxylation sites is 4. The number of furan rings is 1. The number of nitrogens with zero attached hydrogens (tertiary/aromatic N) is 2. The second kappa shape index (κ2) is 24.6. The average Bonchev–Trinajstić information content (AvgIpc) is 1.51. The maximum atomic E-state index is 6.91. The normalized spacial score (nSPS) is 15.4. The van der Waals surface area contributed by atoms with E-state index >= 15 is 0 Å². The zero-order chi connectivity index (χ0) is 79.2. The van der Waals surface area contributed by atoms with Crippen molar-refractivity contribution >= 4 is 87.6 Å².